The molecule has 2 rings (SSSR count). The van der Waals surface area contributed by atoms with Gasteiger partial charge in [0.2, 0.25) is 5.91 Å². The molecule has 11 heteroatoms. The third-order valence-electron chi connectivity index (χ3n) is 4.87. The van der Waals surface area contributed by atoms with Crippen LogP contribution in [0.1, 0.15) is 25.3 Å². The molecule has 1 fully saturated rings. The van der Waals surface area contributed by atoms with E-state index in [0.717, 1.165) is 5.56 Å². The average Bonchev–Trinajstić information content (AvgIpc) is 2.74. The van der Waals surface area contributed by atoms with Gasteiger partial charge in [-0.05, 0) is 25.3 Å². The van der Waals surface area contributed by atoms with E-state index in [2.05, 4.69) is 10.3 Å². The topological polar surface area (TPSA) is 117 Å². The van der Waals surface area contributed by atoms with Gasteiger partial charge in [-0.3, -0.25) is 19.7 Å². The second-order valence-electron chi connectivity index (χ2n) is 7.22. The molecule has 1 saturated heterocycles. The van der Waals surface area contributed by atoms with E-state index in [1.165, 1.54) is 17.0 Å². The SMILES string of the molecule is CCOC(=O)C1CCN(C(=NCc2ccc([N+](=O)[O-])cc2)NCC(=O)N(C)C)CC1.I. The van der Waals surface area contributed by atoms with Gasteiger partial charge in [0.25, 0.3) is 5.69 Å². The van der Waals surface area contributed by atoms with Crippen molar-refractivity contribution in [3.63, 3.8) is 0 Å². The summed E-state index contributed by atoms with van der Waals surface area (Å²) < 4.78 is 5.11. The molecule has 1 heterocycles. The number of nitrogens with one attached hydrogen (secondary N) is 1. The molecule has 1 aromatic rings. The summed E-state index contributed by atoms with van der Waals surface area (Å²) in [4.78, 5) is 42.4. The van der Waals surface area contributed by atoms with Crippen LogP contribution in [0.2, 0.25) is 0 Å². The number of ether oxygens (including phenoxy) is 1. The van der Waals surface area contributed by atoms with Crippen LogP contribution in [0, 0.1) is 16.0 Å². The molecule has 1 amide bonds. The van der Waals surface area contributed by atoms with Crippen molar-refractivity contribution in [2.24, 2.45) is 10.9 Å². The number of nitrogens with zero attached hydrogens (tertiary/aromatic N) is 4. The number of aliphatic imine (C=N–C) groups is 1. The van der Waals surface area contributed by atoms with Gasteiger partial charge in [-0.15, -0.1) is 24.0 Å². The van der Waals surface area contributed by atoms with Gasteiger partial charge in [0, 0.05) is 39.3 Å². The number of likely N-dealkylation sites (N-methyl/N-ethyl adjacent to an activating group) is 1. The number of amides is 1. The zero-order valence-electron chi connectivity index (χ0n) is 18.1. The molecular formula is C20H30IN5O5. The molecule has 0 unspecified atom stereocenters. The number of non-ortho nitro benzene ring substituents is 1. The predicted octanol–water partition coefficient (Wildman–Crippen LogP) is 2.02. The Labute approximate surface area is 199 Å². The summed E-state index contributed by atoms with van der Waals surface area (Å²) in [6.07, 6.45) is 1.30. The van der Waals surface area contributed by atoms with Crippen LogP contribution in [-0.2, 0) is 20.9 Å². The Morgan fingerprint density at radius 3 is 2.39 bits per heavy atom. The van der Waals surface area contributed by atoms with Crippen LogP contribution >= 0.6 is 24.0 Å². The number of piperidine rings is 1. The van der Waals surface area contributed by atoms with Crippen molar-refractivity contribution in [1.82, 2.24) is 15.1 Å². The summed E-state index contributed by atoms with van der Waals surface area (Å²) in [7, 11) is 3.37. The number of carbonyl (C=O) groups is 2. The van der Waals surface area contributed by atoms with E-state index in [4.69, 9.17) is 4.74 Å². The average molecular weight is 547 g/mol. The Bertz CT molecular complexity index is 777. The molecule has 1 aliphatic heterocycles. The summed E-state index contributed by atoms with van der Waals surface area (Å²) >= 11 is 0. The number of nitro groups is 1. The summed E-state index contributed by atoms with van der Waals surface area (Å²) in [5.74, 6) is 0.197. The second-order valence-corrected chi connectivity index (χ2v) is 7.22. The fraction of sp³-hybridized carbons (Fsp3) is 0.550. The molecule has 172 valence electrons. The molecule has 0 atom stereocenters. The summed E-state index contributed by atoms with van der Waals surface area (Å²) in [5.41, 5.74) is 0.846. The van der Waals surface area contributed by atoms with Crippen LogP contribution in [0.15, 0.2) is 29.3 Å². The normalized spacial score (nSPS) is 14.4. The van der Waals surface area contributed by atoms with Crippen LogP contribution in [0.3, 0.4) is 0 Å². The Balaban J connectivity index is 0.00000480. The molecule has 31 heavy (non-hydrogen) atoms. The van der Waals surface area contributed by atoms with E-state index in [9.17, 15) is 19.7 Å². The van der Waals surface area contributed by atoms with Gasteiger partial charge in [0.1, 0.15) is 0 Å². The molecule has 1 N–H and O–H groups in total. The Hall–Kier alpha value is -2.44. The minimum Gasteiger partial charge on any atom is -0.466 e. The van der Waals surface area contributed by atoms with Crippen LogP contribution in [0.25, 0.3) is 0 Å². The van der Waals surface area contributed by atoms with Crippen molar-refractivity contribution in [2.75, 3.05) is 40.3 Å². The van der Waals surface area contributed by atoms with Crippen LogP contribution in [0.4, 0.5) is 5.69 Å². The van der Waals surface area contributed by atoms with E-state index in [1.807, 2.05) is 4.90 Å². The Kier molecular flexibility index (Phi) is 11.2. The second kappa shape index (κ2) is 13.1. The van der Waals surface area contributed by atoms with Gasteiger partial charge in [0.05, 0.1) is 30.5 Å². The van der Waals surface area contributed by atoms with Gasteiger partial charge in [-0.1, -0.05) is 12.1 Å². The number of hydrogen-bond acceptors (Lipinski definition) is 6. The Morgan fingerprint density at radius 1 is 1.26 bits per heavy atom. The minimum atomic E-state index is -0.444. The van der Waals surface area contributed by atoms with Crippen molar-refractivity contribution in [3.8, 4) is 0 Å². The van der Waals surface area contributed by atoms with Crippen LogP contribution < -0.4 is 5.32 Å². The zero-order valence-corrected chi connectivity index (χ0v) is 20.4. The van der Waals surface area contributed by atoms with E-state index in [-0.39, 0.29) is 54.0 Å². The number of likely N-dealkylation sites (tertiary alicyclic amines) is 1. The highest BCUT2D eigenvalue weighted by Crippen LogP contribution is 2.19. The number of benzene rings is 1. The lowest BCUT2D eigenvalue weighted by Gasteiger charge is -2.33. The lowest BCUT2D eigenvalue weighted by molar-refractivity contribution is -0.384. The maximum Gasteiger partial charge on any atom is 0.309 e. The first-order valence-electron chi connectivity index (χ1n) is 9.95. The fourth-order valence-electron chi connectivity index (χ4n) is 3.06. The molecule has 1 aromatic carbocycles. The highest BCUT2D eigenvalue weighted by Gasteiger charge is 2.27. The maximum absolute atomic E-state index is 12.0. The summed E-state index contributed by atoms with van der Waals surface area (Å²) in [5, 5.41) is 13.9. The molecular weight excluding hydrogens is 517 g/mol. The van der Waals surface area contributed by atoms with E-state index >= 15 is 0 Å². The lowest BCUT2D eigenvalue weighted by Crippen LogP contribution is -2.49. The lowest BCUT2D eigenvalue weighted by atomic mass is 9.97. The third kappa shape index (κ3) is 8.31. The van der Waals surface area contributed by atoms with Gasteiger partial charge < -0.3 is 19.9 Å². The standard InChI is InChI=1S/C20H29N5O5.HI/c1-4-30-19(27)16-9-11-24(12-10-16)20(22-14-18(26)23(2)3)21-13-15-5-7-17(8-6-15)25(28)29;/h5-8,16H,4,9-14H2,1-3H3,(H,21,22);1H. The number of halogens is 1. The third-order valence-corrected chi connectivity index (χ3v) is 4.87. The predicted molar refractivity (Wildman–Crippen MR) is 127 cm³/mol. The first kappa shape index (κ1) is 26.6. The maximum atomic E-state index is 12.0. The number of rotatable bonds is 7. The number of carbonyl (C=O) groups excluding carboxylic acids is 2. The van der Waals surface area contributed by atoms with Gasteiger partial charge in [0.15, 0.2) is 5.96 Å². The smallest absolute Gasteiger partial charge is 0.309 e. The van der Waals surface area contributed by atoms with Crippen molar-refractivity contribution in [1.29, 1.82) is 0 Å². The van der Waals surface area contributed by atoms with E-state index in [0.29, 0.717) is 45.0 Å². The summed E-state index contributed by atoms with van der Waals surface area (Å²) in [6, 6.07) is 6.21. The fourth-order valence-corrected chi connectivity index (χ4v) is 3.06. The quantitative estimate of drug-likeness (QED) is 0.139. The van der Waals surface area contributed by atoms with E-state index in [1.54, 1.807) is 33.2 Å². The van der Waals surface area contributed by atoms with Crippen LogP contribution in [0.5, 0.6) is 0 Å². The van der Waals surface area contributed by atoms with Crippen molar-refractivity contribution in [3.05, 3.63) is 39.9 Å². The van der Waals surface area contributed by atoms with Gasteiger partial charge in [-0.25, -0.2) is 4.99 Å². The zero-order chi connectivity index (χ0) is 22.1. The van der Waals surface area contributed by atoms with Crippen molar-refractivity contribution >= 4 is 47.5 Å². The molecule has 0 spiro atoms. The van der Waals surface area contributed by atoms with Gasteiger partial charge in [-0.2, -0.15) is 0 Å². The first-order chi connectivity index (χ1) is 14.3. The minimum absolute atomic E-state index is 0. The molecule has 10 nitrogen and oxygen atoms in total. The van der Waals surface area contributed by atoms with Crippen molar-refractivity contribution < 1.29 is 19.2 Å². The number of nitro benzene ring substituents is 1. The summed E-state index contributed by atoms with van der Waals surface area (Å²) in [6.45, 7) is 3.81. The molecule has 1 aliphatic rings. The molecule has 0 bridgehead atoms. The number of esters is 1. The Morgan fingerprint density at radius 2 is 1.87 bits per heavy atom. The number of guanidine groups is 1. The molecule has 0 saturated carbocycles. The van der Waals surface area contributed by atoms with E-state index < -0.39 is 4.92 Å². The highest BCUT2D eigenvalue weighted by molar-refractivity contribution is 14.0. The number of hydrogen-bond donors (Lipinski definition) is 1. The largest absolute Gasteiger partial charge is 0.466 e. The monoisotopic (exact) mass is 547 g/mol. The van der Waals surface area contributed by atoms with Crippen LogP contribution in [-0.4, -0.2) is 72.9 Å². The van der Waals surface area contributed by atoms with Crippen molar-refractivity contribution in [2.45, 2.75) is 26.3 Å². The molecule has 0 aliphatic carbocycles. The highest BCUT2D eigenvalue weighted by atomic mass is 127. The molecule has 0 radical (unpaired) electrons. The first-order valence-corrected chi connectivity index (χ1v) is 9.95. The molecule has 0 aromatic heterocycles. The van der Waals surface area contributed by atoms with Gasteiger partial charge >= 0.3 is 5.97 Å².